The number of aromatic nitrogens is 1. The van der Waals surface area contributed by atoms with Crippen LogP contribution in [0.4, 0.5) is 5.69 Å². The molecule has 1 aromatic heterocycles. The zero-order valence-corrected chi connectivity index (χ0v) is 17.6. The van der Waals surface area contributed by atoms with Crippen LogP contribution < -0.4 is 14.8 Å². The maximum atomic E-state index is 13.0. The number of aryl methyl sites for hydroxylation is 2. The van der Waals surface area contributed by atoms with Crippen LogP contribution in [0.15, 0.2) is 41.9 Å². The zero-order chi connectivity index (χ0) is 22.3. The molecule has 0 saturated heterocycles. The van der Waals surface area contributed by atoms with Crippen molar-refractivity contribution in [1.82, 2.24) is 9.29 Å². The number of sulfonamides is 1. The Hall–Kier alpha value is -3.13. The molecule has 158 valence electrons. The minimum atomic E-state index is -4.09. The maximum absolute atomic E-state index is 13.0. The highest BCUT2D eigenvalue weighted by Gasteiger charge is 2.43. The van der Waals surface area contributed by atoms with Crippen molar-refractivity contribution in [1.29, 1.82) is 5.26 Å². The number of benzene rings is 1. The number of aliphatic hydroxyl groups excluding tert-OH is 1. The minimum Gasteiger partial charge on any atom is -0.488 e. The molecule has 0 unspecified atom stereocenters. The molecule has 1 amide bonds. The highest BCUT2D eigenvalue weighted by molar-refractivity contribution is 7.89. The lowest BCUT2D eigenvalue weighted by Gasteiger charge is -2.31. The second-order valence-electron chi connectivity index (χ2n) is 7.37. The van der Waals surface area contributed by atoms with Crippen molar-refractivity contribution in [2.24, 2.45) is 7.05 Å². The quantitative estimate of drug-likeness (QED) is 0.629. The molecule has 3 N–H and O–H groups in total. The van der Waals surface area contributed by atoms with E-state index in [1.165, 1.54) is 36.9 Å². The molecule has 9 nitrogen and oxygen atoms in total. The summed E-state index contributed by atoms with van der Waals surface area (Å²) < 4.78 is 35.3. The first-order valence-corrected chi connectivity index (χ1v) is 10.5. The molecule has 0 saturated carbocycles. The van der Waals surface area contributed by atoms with Gasteiger partial charge < -0.3 is 19.7 Å². The van der Waals surface area contributed by atoms with Crippen molar-refractivity contribution >= 4 is 21.6 Å². The molecule has 0 bridgehead atoms. The number of carbonyl (C=O) groups excluding carboxylic acids is 1. The summed E-state index contributed by atoms with van der Waals surface area (Å²) >= 11 is 0. The van der Waals surface area contributed by atoms with E-state index in [0.29, 0.717) is 11.3 Å². The number of hydrogen-bond donors (Lipinski definition) is 3. The number of amides is 1. The third-order valence-corrected chi connectivity index (χ3v) is 6.59. The summed E-state index contributed by atoms with van der Waals surface area (Å²) in [4.78, 5) is 12.7. The van der Waals surface area contributed by atoms with E-state index in [0.717, 1.165) is 5.56 Å². The van der Waals surface area contributed by atoms with E-state index in [1.807, 2.05) is 6.07 Å². The van der Waals surface area contributed by atoms with Crippen LogP contribution in [-0.4, -0.2) is 42.2 Å². The molecule has 0 fully saturated rings. The van der Waals surface area contributed by atoms with E-state index in [1.54, 1.807) is 19.1 Å². The maximum Gasteiger partial charge on any atom is 0.276 e. The Morgan fingerprint density at radius 1 is 1.53 bits per heavy atom. The van der Waals surface area contributed by atoms with E-state index in [4.69, 9.17) is 4.74 Å². The molecule has 1 aliphatic heterocycles. The number of nitriles is 1. The van der Waals surface area contributed by atoms with Crippen molar-refractivity contribution in [3.63, 3.8) is 0 Å². The number of fused-ring (bicyclic) bond motifs is 1. The van der Waals surface area contributed by atoms with Gasteiger partial charge >= 0.3 is 0 Å². The van der Waals surface area contributed by atoms with E-state index < -0.39 is 27.6 Å². The topological polar surface area (TPSA) is 133 Å². The van der Waals surface area contributed by atoms with Gasteiger partial charge in [-0.2, -0.15) is 9.98 Å². The lowest BCUT2D eigenvalue weighted by Crippen LogP contribution is -2.56. The molecule has 1 aliphatic rings. The van der Waals surface area contributed by atoms with Crippen molar-refractivity contribution in [3.8, 4) is 11.8 Å². The van der Waals surface area contributed by atoms with Gasteiger partial charge in [-0.1, -0.05) is 12.1 Å². The lowest BCUT2D eigenvalue weighted by atomic mass is 9.97. The number of nitrogens with one attached hydrogen (secondary N) is 2. The standard InChI is InChI=1S/C20H22N4O5S/c1-5-16(25)20(3)11-29-18-15(30(27,28)23-20)10-24(4)17(18)19(26)22-14-7-6-12(2)13(8-14)9-21/h5-8,10,16,23,25H,1,11H2,2-4H3,(H,22,26)/t16-,20+/m0/s1. The van der Waals surface area contributed by atoms with Crippen LogP contribution in [0.25, 0.3) is 0 Å². The van der Waals surface area contributed by atoms with Crippen LogP contribution in [0.2, 0.25) is 0 Å². The van der Waals surface area contributed by atoms with Gasteiger partial charge in [-0.15, -0.1) is 6.58 Å². The molecule has 0 spiro atoms. The second-order valence-corrected chi connectivity index (χ2v) is 9.02. The first kappa shape index (κ1) is 21.6. The summed E-state index contributed by atoms with van der Waals surface area (Å²) in [5.74, 6) is -0.718. The monoisotopic (exact) mass is 430 g/mol. The molecule has 3 rings (SSSR count). The number of nitrogens with zero attached hydrogens (tertiary/aromatic N) is 2. The van der Waals surface area contributed by atoms with Gasteiger partial charge in [-0.25, -0.2) is 8.42 Å². The van der Waals surface area contributed by atoms with Crippen LogP contribution >= 0.6 is 0 Å². The van der Waals surface area contributed by atoms with Crippen LogP contribution in [0.1, 0.15) is 28.5 Å². The Bertz CT molecular complexity index is 1180. The van der Waals surface area contributed by atoms with Gasteiger partial charge in [0.25, 0.3) is 5.91 Å². The van der Waals surface area contributed by atoms with Crippen molar-refractivity contribution < 1.29 is 23.1 Å². The number of anilines is 1. The van der Waals surface area contributed by atoms with Crippen molar-refractivity contribution in [2.75, 3.05) is 11.9 Å². The normalized spacial score (nSPS) is 20.8. The van der Waals surface area contributed by atoms with Gasteiger partial charge in [0.05, 0.1) is 23.3 Å². The van der Waals surface area contributed by atoms with Crippen LogP contribution in [0.3, 0.4) is 0 Å². The summed E-state index contributed by atoms with van der Waals surface area (Å²) in [7, 11) is -2.57. The molecule has 2 atom stereocenters. The Balaban J connectivity index is 2.01. The molecule has 30 heavy (non-hydrogen) atoms. The van der Waals surface area contributed by atoms with E-state index in [-0.39, 0.29) is 22.9 Å². The Kier molecular flexibility index (Phi) is 5.47. The minimum absolute atomic E-state index is 0.00759. The number of aliphatic hydroxyl groups is 1. The van der Waals surface area contributed by atoms with Gasteiger partial charge in [0.2, 0.25) is 10.0 Å². The first-order valence-electron chi connectivity index (χ1n) is 9.01. The molecule has 0 aliphatic carbocycles. The molecule has 0 radical (unpaired) electrons. The highest BCUT2D eigenvalue weighted by atomic mass is 32.2. The van der Waals surface area contributed by atoms with Crippen molar-refractivity contribution in [2.45, 2.75) is 30.4 Å². The third kappa shape index (κ3) is 3.70. The summed E-state index contributed by atoms with van der Waals surface area (Å²) in [5.41, 5.74) is 0.197. The Morgan fingerprint density at radius 3 is 2.87 bits per heavy atom. The second kappa shape index (κ2) is 7.60. The van der Waals surface area contributed by atoms with E-state index in [9.17, 15) is 23.6 Å². The SMILES string of the molecule is C=C[C@H](O)[C@@]1(C)COc2c(cn(C)c2C(=O)Nc2ccc(C)c(C#N)c2)S(=O)(=O)N1. The lowest BCUT2D eigenvalue weighted by molar-refractivity contribution is 0.0843. The van der Waals surface area contributed by atoms with Crippen LogP contribution in [0, 0.1) is 18.3 Å². The molecule has 1 aromatic carbocycles. The fourth-order valence-electron chi connectivity index (χ4n) is 3.20. The van der Waals surface area contributed by atoms with Crippen LogP contribution in [-0.2, 0) is 17.1 Å². The van der Waals surface area contributed by atoms with Gasteiger partial charge in [0, 0.05) is 18.9 Å². The Labute approximate surface area is 174 Å². The summed E-state index contributed by atoms with van der Waals surface area (Å²) in [6.07, 6.45) is 1.27. The third-order valence-electron chi connectivity index (χ3n) is 4.98. The fraction of sp³-hybridized carbons (Fsp3) is 0.300. The number of ether oxygens (including phenoxy) is 1. The van der Waals surface area contributed by atoms with E-state index in [2.05, 4.69) is 16.6 Å². The summed E-state index contributed by atoms with van der Waals surface area (Å²) in [5, 5.41) is 22.0. The van der Waals surface area contributed by atoms with Gasteiger partial charge in [-0.05, 0) is 31.5 Å². The molecular weight excluding hydrogens is 408 g/mol. The Morgan fingerprint density at radius 2 is 2.23 bits per heavy atom. The van der Waals surface area contributed by atoms with Gasteiger partial charge in [-0.3, -0.25) is 4.79 Å². The van der Waals surface area contributed by atoms with Crippen molar-refractivity contribution in [3.05, 3.63) is 53.9 Å². The zero-order valence-electron chi connectivity index (χ0n) is 16.8. The molecular formula is C20H22N4O5S. The number of hydrogen-bond acceptors (Lipinski definition) is 6. The van der Waals surface area contributed by atoms with E-state index >= 15 is 0 Å². The average Bonchev–Trinajstić information content (AvgIpc) is 2.99. The number of carbonyl (C=O) groups is 1. The average molecular weight is 430 g/mol. The predicted octanol–water partition coefficient (Wildman–Crippen LogP) is 1.43. The fourth-order valence-corrected chi connectivity index (χ4v) is 4.80. The number of rotatable bonds is 4. The summed E-state index contributed by atoms with van der Waals surface area (Å²) in [6, 6.07) is 6.93. The molecule has 2 heterocycles. The predicted molar refractivity (Wildman–Crippen MR) is 110 cm³/mol. The van der Waals surface area contributed by atoms with Crippen LogP contribution in [0.5, 0.6) is 5.75 Å². The highest BCUT2D eigenvalue weighted by Crippen LogP contribution is 2.35. The van der Waals surface area contributed by atoms with Gasteiger partial charge in [0.15, 0.2) is 11.4 Å². The molecule has 2 aromatic rings. The first-order chi connectivity index (χ1) is 14.0. The summed E-state index contributed by atoms with van der Waals surface area (Å²) in [6.45, 7) is 6.53. The van der Waals surface area contributed by atoms with Gasteiger partial charge in [0.1, 0.15) is 11.5 Å². The smallest absolute Gasteiger partial charge is 0.276 e. The largest absolute Gasteiger partial charge is 0.488 e. The molecule has 10 heteroatoms.